The maximum atomic E-state index is 6.75. The Morgan fingerprint density at radius 1 is 0.950 bits per heavy atom. The third kappa shape index (κ3) is 8.19. The van der Waals surface area contributed by atoms with Gasteiger partial charge in [0.1, 0.15) is 5.75 Å². The van der Waals surface area contributed by atoms with Crippen molar-refractivity contribution >= 4 is 27.0 Å². The van der Waals surface area contributed by atoms with Crippen molar-refractivity contribution < 1.29 is 18.9 Å². The number of benzene rings is 2. The summed E-state index contributed by atoms with van der Waals surface area (Å²) in [4.78, 5) is 1.20. The largest absolute Gasteiger partial charge is 0.493 e. The SMILES string of the molecule is C=C(c1cc2ccccc2s1)c1cc([C@H]2C[C@@H](OCCCC)C[C@@H](COCCCC)O2)c(OCCCC)cc1C. The average Bonchev–Trinajstić information content (AvgIpc) is 3.40. The number of fused-ring (bicyclic) bond motifs is 1. The molecule has 0 radical (unpaired) electrons. The van der Waals surface area contributed by atoms with Crippen molar-refractivity contribution in [2.45, 2.75) is 97.4 Å². The lowest BCUT2D eigenvalue weighted by molar-refractivity contribution is -0.138. The fourth-order valence-corrected chi connectivity index (χ4v) is 6.31. The second kappa shape index (κ2) is 15.7. The summed E-state index contributed by atoms with van der Waals surface area (Å²) in [5.74, 6) is 0.920. The zero-order chi connectivity index (χ0) is 28.3. The van der Waals surface area contributed by atoms with Gasteiger partial charge in [0, 0.05) is 41.2 Å². The predicted octanol–water partition coefficient (Wildman–Crippen LogP) is 9.67. The molecule has 0 saturated carbocycles. The molecule has 2 aromatic carbocycles. The monoisotopic (exact) mass is 564 g/mol. The maximum Gasteiger partial charge on any atom is 0.125 e. The number of unbranched alkanes of at least 4 members (excludes halogenated alkanes) is 3. The Kier molecular flexibility index (Phi) is 12.1. The molecule has 5 heteroatoms. The van der Waals surface area contributed by atoms with Gasteiger partial charge >= 0.3 is 0 Å². The van der Waals surface area contributed by atoms with E-state index in [-0.39, 0.29) is 18.3 Å². The van der Waals surface area contributed by atoms with Crippen LogP contribution in [-0.4, -0.2) is 38.6 Å². The molecule has 4 nitrogen and oxygen atoms in total. The van der Waals surface area contributed by atoms with Crippen LogP contribution >= 0.6 is 11.3 Å². The van der Waals surface area contributed by atoms with E-state index >= 15 is 0 Å². The van der Waals surface area contributed by atoms with Gasteiger partial charge in [-0.05, 0) is 72.5 Å². The lowest BCUT2D eigenvalue weighted by atomic mass is 9.90. The highest BCUT2D eigenvalue weighted by Crippen LogP contribution is 2.42. The Labute approximate surface area is 245 Å². The van der Waals surface area contributed by atoms with E-state index in [1.54, 1.807) is 11.3 Å². The summed E-state index contributed by atoms with van der Waals surface area (Å²) in [5, 5.41) is 1.26. The molecular formula is C35H48O4S. The standard InChI is InChI=1S/C35H48O4S/c1-6-9-16-36-24-29-21-28(37-17-10-7-2)22-33(39-29)31-23-30(25(4)19-32(31)38-18-11-8-3)26(5)35-20-27-14-12-13-15-34(27)40-35/h12-15,19-20,23,28-29,33H,5-11,16-18,21-22,24H2,1-4H3/t28-,29-,33+/m0/s1. The van der Waals surface area contributed by atoms with Crippen molar-refractivity contribution in [1.29, 1.82) is 0 Å². The van der Waals surface area contributed by atoms with Crippen LogP contribution in [-0.2, 0) is 14.2 Å². The van der Waals surface area contributed by atoms with Gasteiger partial charge in [-0.15, -0.1) is 11.3 Å². The minimum atomic E-state index is -0.119. The Balaban J connectivity index is 1.64. The molecule has 0 aliphatic carbocycles. The number of rotatable bonds is 16. The summed E-state index contributed by atoms with van der Waals surface area (Å²) in [6.07, 6.45) is 8.24. The van der Waals surface area contributed by atoms with Crippen LogP contribution in [0, 0.1) is 6.92 Å². The molecule has 1 aromatic heterocycles. The van der Waals surface area contributed by atoms with Crippen LogP contribution in [0.5, 0.6) is 5.75 Å². The van der Waals surface area contributed by atoms with Crippen molar-refractivity contribution in [2.75, 3.05) is 26.4 Å². The number of hydrogen-bond acceptors (Lipinski definition) is 5. The minimum Gasteiger partial charge on any atom is -0.493 e. The van der Waals surface area contributed by atoms with E-state index in [1.165, 1.54) is 20.5 Å². The summed E-state index contributed by atoms with van der Waals surface area (Å²) in [6, 6.07) is 15.3. The molecule has 0 N–H and O–H groups in total. The Morgan fingerprint density at radius 3 is 2.48 bits per heavy atom. The van der Waals surface area contributed by atoms with Crippen LogP contribution in [0.4, 0.5) is 0 Å². The topological polar surface area (TPSA) is 36.9 Å². The van der Waals surface area contributed by atoms with Crippen molar-refractivity contribution in [3.8, 4) is 5.75 Å². The number of thiophene rings is 1. The Hall–Kier alpha value is -2.18. The molecule has 0 unspecified atom stereocenters. The van der Waals surface area contributed by atoms with Gasteiger partial charge in [-0.2, -0.15) is 0 Å². The van der Waals surface area contributed by atoms with Gasteiger partial charge in [0.15, 0.2) is 0 Å². The molecule has 218 valence electrons. The molecule has 0 spiro atoms. The van der Waals surface area contributed by atoms with Crippen LogP contribution in [0.15, 0.2) is 49.0 Å². The highest BCUT2D eigenvalue weighted by Gasteiger charge is 2.33. The van der Waals surface area contributed by atoms with Crippen LogP contribution < -0.4 is 4.74 Å². The third-order valence-corrected chi connectivity index (χ3v) is 8.84. The van der Waals surface area contributed by atoms with Gasteiger partial charge in [-0.3, -0.25) is 0 Å². The first-order valence-corrected chi connectivity index (χ1v) is 16.2. The average molecular weight is 565 g/mol. The van der Waals surface area contributed by atoms with Crippen molar-refractivity contribution in [1.82, 2.24) is 0 Å². The van der Waals surface area contributed by atoms with Crippen LogP contribution in [0.25, 0.3) is 15.7 Å². The molecule has 40 heavy (non-hydrogen) atoms. The molecule has 2 heterocycles. The van der Waals surface area contributed by atoms with Crippen molar-refractivity contribution in [2.24, 2.45) is 0 Å². The van der Waals surface area contributed by atoms with Crippen LogP contribution in [0.2, 0.25) is 0 Å². The van der Waals surface area contributed by atoms with E-state index in [0.29, 0.717) is 13.2 Å². The van der Waals surface area contributed by atoms with E-state index in [2.05, 4.69) is 76.7 Å². The summed E-state index contributed by atoms with van der Waals surface area (Å²) in [7, 11) is 0. The van der Waals surface area contributed by atoms with Gasteiger partial charge in [-0.25, -0.2) is 0 Å². The normalized spacial score (nSPS) is 19.2. The first-order valence-electron chi connectivity index (χ1n) is 15.3. The Bertz CT molecular complexity index is 1180. The Morgan fingerprint density at radius 2 is 1.70 bits per heavy atom. The molecule has 3 aromatic rings. The predicted molar refractivity (Wildman–Crippen MR) is 169 cm³/mol. The molecule has 0 amide bonds. The van der Waals surface area contributed by atoms with E-state index in [9.17, 15) is 0 Å². The minimum absolute atomic E-state index is 0.00118. The fraction of sp³-hybridized carbons (Fsp3) is 0.543. The lowest BCUT2D eigenvalue weighted by Crippen LogP contribution is -2.36. The quantitative estimate of drug-likeness (QED) is 0.162. The molecular weight excluding hydrogens is 516 g/mol. The zero-order valence-electron chi connectivity index (χ0n) is 25.0. The molecule has 1 aliphatic heterocycles. The van der Waals surface area contributed by atoms with Gasteiger partial charge in [-0.1, -0.05) is 64.8 Å². The summed E-state index contributed by atoms with van der Waals surface area (Å²) in [5.41, 5.74) is 4.47. The third-order valence-electron chi connectivity index (χ3n) is 7.66. The van der Waals surface area contributed by atoms with E-state index in [4.69, 9.17) is 18.9 Å². The maximum absolute atomic E-state index is 6.75. The van der Waals surface area contributed by atoms with Crippen molar-refractivity contribution in [3.63, 3.8) is 0 Å². The van der Waals surface area contributed by atoms with E-state index in [0.717, 1.165) is 87.0 Å². The number of aryl methyl sites for hydroxylation is 1. The fourth-order valence-electron chi connectivity index (χ4n) is 5.26. The van der Waals surface area contributed by atoms with Crippen LogP contribution in [0.1, 0.15) is 99.8 Å². The lowest BCUT2D eigenvalue weighted by Gasteiger charge is -2.36. The molecule has 1 fully saturated rings. The second-order valence-electron chi connectivity index (χ2n) is 11.0. The molecule has 0 bridgehead atoms. The van der Waals surface area contributed by atoms with Gasteiger partial charge < -0.3 is 18.9 Å². The smallest absolute Gasteiger partial charge is 0.125 e. The van der Waals surface area contributed by atoms with Gasteiger partial charge in [0.2, 0.25) is 0 Å². The highest BCUT2D eigenvalue weighted by molar-refractivity contribution is 7.20. The van der Waals surface area contributed by atoms with E-state index < -0.39 is 0 Å². The molecule has 1 aliphatic rings. The summed E-state index contributed by atoms with van der Waals surface area (Å²) in [6.45, 7) is 16.2. The summed E-state index contributed by atoms with van der Waals surface area (Å²) >= 11 is 1.80. The van der Waals surface area contributed by atoms with Crippen molar-refractivity contribution in [3.05, 3.63) is 70.6 Å². The van der Waals surface area contributed by atoms with Crippen LogP contribution in [0.3, 0.4) is 0 Å². The molecule has 4 rings (SSSR count). The van der Waals surface area contributed by atoms with Gasteiger partial charge in [0.25, 0.3) is 0 Å². The second-order valence-corrected chi connectivity index (χ2v) is 12.1. The zero-order valence-corrected chi connectivity index (χ0v) is 25.8. The molecule has 3 atom stereocenters. The molecule has 1 saturated heterocycles. The van der Waals surface area contributed by atoms with E-state index in [1.807, 2.05) is 0 Å². The number of hydrogen-bond donors (Lipinski definition) is 0. The highest BCUT2D eigenvalue weighted by atomic mass is 32.1. The first kappa shape index (κ1) is 30.8. The number of ether oxygens (including phenoxy) is 4. The first-order chi connectivity index (χ1) is 19.5. The summed E-state index contributed by atoms with van der Waals surface area (Å²) < 4.78 is 26.8. The van der Waals surface area contributed by atoms with Gasteiger partial charge in [0.05, 0.1) is 31.5 Å².